The molecule has 3 nitrogen and oxygen atoms in total. The molecule has 0 fully saturated rings. The molecular formula is C21H43ClN2O. The minimum Gasteiger partial charge on any atom is -1.00 e. The number of quaternary nitrogens is 1. The fraction of sp³-hybridized carbons (Fsp3) is 0.857. The van der Waals surface area contributed by atoms with Crippen molar-refractivity contribution < 1.29 is 21.7 Å². The van der Waals surface area contributed by atoms with E-state index in [9.17, 15) is 4.79 Å². The number of nitrogens with one attached hydrogen (secondary N) is 1. The van der Waals surface area contributed by atoms with Gasteiger partial charge in [0.2, 0.25) is 0 Å². The van der Waals surface area contributed by atoms with Gasteiger partial charge in [0.1, 0.15) is 0 Å². The van der Waals surface area contributed by atoms with Gasteiger partial charge in [-0.3, -0.25) is 4.79 Å². The van der Waals surface area contributed by atoms with Crippen molar-refractivity contribution in [2.75, 3.05) is 26.8 Å². The van der Waals surface area contributed by atoms with Gasteiger partial charge in [0, 0.05) is 5.57 Å². The van der Waals surface area contributed by atoms with Crippen molar-refractivity contribution in [1.82, 2.24) is 5.32 Å². The summed E-state index contributed by atoms with van der Waals surface area (Å²) in [6.07, 6.45) is 14.9. The molecule has 0 aliphatic carbocycles. The van der Waals surface area contributed by atoms with E-state index in [0.29, 0.717) is 5.57 Å². The van der Waals surface area contributed by atoms with E-state index in [1.165, 1.54) is 64.2 Å². The van der Waals surface area contributed by atoms with E-state index in [-0.39, 0.29) is 18.3 Å². The van der Waals surface area contributed by atoms with E-state index in [2.05, 4.69) is 32.8 Å². The van der Waals surface area contributed by atoms with Crippen molar-refractivity contribution in [3.63, 3.8) is 0 Å². The number of halogens is 1. The van der Waals surface area contributed by atoms with E-state index >= 15 is 0 Å². The van der Waals surface area contributed by atoms with E-state index in [4.69, 9.17) is 0 Å². The lowest BCUT2D eigenvalue weighted by molar-refractivity contribution is -0.911. The first-order chi connectivity index (χ1) is 11.4. The van der Waals surface area contributed by atoms with Crippen LogP contribution in [0.3, 0.4) is 0 Å². The minimum absolute atomic E-state index is 0. The summed E-state index contributed by atoms with van der Waals surface area (Å²) in [5.74, 6) is -0.0153. The second-order valence-electron chi connectivity index (χ2n) is 7.69. The summed E-state index contributed by atoms with van der Waals surface area (Å²) in [5, 5.41) is 3.03. The van der Waals surface area contributed by atoms with Gasteiger partial charge >= 0.3 is 0 Å². The third kappa shape index (κ3) is 15.4. The van der Waals surface area contributed by atoms with Gasteiger partial charge in [0.15, 0.2) is 6.67 Å². The first kappa shape index (κ1) is 26.7. The van der Waals surface area contributed by atoms with Gasteiger partial charge in [-0.2, -0.15) is 0 Å². The number of hydrogen-bond acceptors (Lipinski definition) is 1. The van der Waals surface area contributed by atoms with Crippen LogP contribution in [0.15, 0.2) is 12.2 Å². The molecule has 0 saturated carbocycles. The van der Waals surface area contributed by atoms with Crippen molar-refractivity contribution in [3.05, 3.63) is 12.2 Å². The Morgan fingerprint density at radius 1 is 0.840 bits per heavy atom. The zero-order chi connectivity index (χ0) is 18.3. The molecule has 0 aliphatic heterocycles. The molecular weight excluding hydrogens is 332 g/mol. The van der Waals surface area contributed by atoms with E-state index in [1.54, 1.807) is 6.92 Å². The predicted octanol–water partition coefficient (Wildman–Crippen LogP) is 2.42. The molecule has 0 aromatic rings. The average Bonchev–Trinajstić information content (AvgIpc) is 2.54. The third-order valence-electron chi connectivity index (χ3n) is 4.82. The molecule has 0 aliphatic rings. The van der Waals surface area contributed by atoms with Gasteiger partial charge in [0.25, 0.3) is 5.91 Å². The number of nitrogens with zero attached hydrogens (tertiary/aromatic N) is 1. The molecule has 150 valence electrons. The van der Waals surface area contributed by atoms with Crippen LogP contribution in [-0.2, 0) is 4.79 Å². The lowest BCUT2D eigenvalue weighted by atomic mass is 10.1. The summed E-state index contributed by atoms with van der Waals surface area (Å²) in [6, 6.07) is 0. The second kappa shape index (κ2) is 16.9. The summed E-state index contributed by atoms with van der Waals surface area (Å²) in [4.78, 5) is 11.7. The molecule has 0 bridgehead atoms. The topological polar surface area (TPSA) is 29.1 Å². The van der Waals surface area contributed by atoms with Crippen LogP contribution in [0.2, 0.25) is 0 Å². The zero-order valence-electron chi connectivity index (χ0n) is 17.3. The van der Waals surface area contributed by atoms with Crippen LogP contribution in [0.5, 0.6) is 0 Å². The Morgan fingerprint density at radius 2 is 1.32 bits per heavy atom. The summed E-state index contributed by atoms with van der Waals surface area (Å²) in [6.45, 7) is 13.0. The first-order valence-electron chi connectivity index (χ1n) is 10.2. The van der Waals surface area contributed by atoms with Gasteiger partial charge in [-0.25, -0.2) is 0 Å². The van der Waals surface area contributed by atoms with Gasteiger partial charge in [-0.05, 0) is 26.2 Å². The number of rotatable bonds is 16. The largest absolute Gasteiger partial charge is 1.00 e. The van der Waals surface area contributed by atoms with E-state index in [1.807, 2.05) is 0 Å². The molecule has 25 heavy (non-hydrogen) atoms. The Labute approximate surface area is 163 Å². The molecule has 4 heteroatoms. The van der Waals surface area contributed by atoms with Crippen LogP contribution >= 0.6 is 0 Å². The van der Waals surface area contributed by atoms with Crippen LogP contribution < -0.4 is 17.7 Å². The fourth-order valence-electron chi connectivity index (χ4n) is 3.20. The molecule has 1 amide bonds. The summed E-state index contributed by atoms with van der Waals surface area (Å²) >= 11 is 0. The van der Waals surface area contributed by atoms with Crippen LogP contribution in [0, 0.1) is 0 Å². The lowest BCUT2D eigenvalue weighted by Gasteiger charge is -2.34. The van der Waals surface area contributed by atoms with Gasteiger partial charge < -0.3 is 22.2 Å². The van der Waals surface area contributed by atoms with Crippen LogP contribution in [0.4, 0.5) is 0 Å². The predicted molar refractivity (Wildman–Crippen MR) is 106 cm³/mol. The monoisotopic (exact) mass is 374 g/mol. The molecule has 0 radical (unpaired) electrons. The number of carbonyl (C=O) groups is 1. The highest BCUT2D eigenvalue weighted by Gasteiger charge is 2.20. The summed E-state index contributed by atoms with van der Waals surface area (Å²) in [7, 11) is 2.26. The summed E-state index contributed by atoms with van der Waals surface area (Å²) in [5.41, 5.74) is 0.594. The highest BCUT2D eigenvalue weighted by atomic mass is 35.5. The van der Waals surface area contributed by atoms with Gasteiger partial charge in [0.05, 0.1) is 20.1 Å². The molecule has 1 atom stereocenters. The van der Waals surface area contributed by atoms with Crippen LogP contribution in [0.1, 0.15) is 91.4 Å². The maximum atomic E-state index is 11.7. The standard InChI is InChI=1S/C21H42N2O.ClH/c1-6-8-9-10-11-12-13-14-15-16-18-23(5,17-7-2)19-22-21(24)20(3)4;/h3,6-19H2,1-2,4-5H3;1H. The smallest absolute Gasteiger partial charge is 0.250 e. The Balaban J connectivity index is 0. The SMILES string of the molecule is C=C(C)C(=O)NC[N+](C)(CCC)CCCCCCCCCCCC.[Cl-]. The van der Waals surface area contributed by atoms with Crippen molar-refractivity contribution in [1.29, 1.82) is 0 Å². The average molecular weight is 375 g/mol. The molecule has 1 N–H and O–H groups in total. The maximum Gasteiger partial charge on any atom is 0.250 e. The highest BCUT2D eigenvalue weighted by Crippen LogP contribution is 2.12. The van der Waals surface area contributed by atoms with Crippen molar-refractivity contribution >= 4 is 5.91 Å². The molecule has 0 rings (SSSR count). The number of amides is 1. The Hall–Kier alpha value is -0.540. The Kier molecular flexibility index (Phi) is 18.0. The Bertz CT molecular complexity index is 347. The van der Waals surface area contributed by atoms with E-state index < -0.39 is 0 Å². The fourth-order valence-corrected chi connectivity index (χ4v) is 3.20. The van der Waals surface area contributed by atoms with Crippen LogP contribution in [0.25, 0.3) is 0 Å². The Morgan fingerprint density at radius 3 is 1.76 bits per heavy atom. The summed E-state index contributed by atoms with van der Waals surface area (Å²) < 4.78 is 0.937. The number of carbonyl (C=O) groups excluding carboxylic acids is 1. The lowest BCUT2D eigenvalue weighted by Crippen LogP contribution is -3.00. The second-order valence-corrected chi connectivity index (χ2v) is 7.69. The zero-order valence-corrected chi connectivity index (χ0v) is 18.1. The quantitative estimate of drug-likeness (QED) is 0.191. The molecule has 0 heterocycles. The molecule has 0 saturated heterocycles. The highest BCUT2D eigenvalue weighted by molar-refractivity contribution is 5.91. The molecule has 1 unspecified atom stereocenters. The first-order valence-corrected chi connectivity index (χ1v) is 10.2. The van der Waals surface area contributed by atoms with Gasteiger partial charge in [-0.15, -0.1) is 0 Å². The van der Waals surface area contributed by atoms with Gasteiger partial charge in [-0.1, -0.05) is 71.8 Å². The number of unbranched alkanes of at least 4 members (excludes halogenated alkanes) is 9. The third-order valence-corrected chi connectivity index (χ3v) is 4.82. The van der Waals surface area contributed by atoms with Crippen molar-refractivity contribution in [2.24, 2.45) is 0 Å². The molecule has 0 aromatic heterocycles. The van der Waals surface area contributed by atoms with Crippen molar-refractivity contribution in [3.8, 4) is 0 Å². The maximum absolute atomic E-state index is 11.7. The molecule has 0 spiro atoms. The normalized spacial score (nSPS) is 13.0. The van der Waals surface area contributed by atoms with Crippen molar-refractivity contribution in [2.45, 2.75) is 91.4 Å². The van der Waals surface area contributed by atoms with Crippen LogP contribution in [-0.4, -0.2) is 37.2 Å². The van der Waals surface area contributed by atoms with E-state index in [0.717, 1.165) is 30.7 Å². The molecule has 0 aromatic carbocycles. The number of hydrogen-bond donors (Lipinski definition) is 1. The minimum atomic E-state index is -0.0153.